The molecular weight excluding hydrogens is 461 g/mol. The van der Waals surface area contributed by atoms with Crippen LogP contribution < -0.4 is 14.8 Å². The summed E-state index contributed by atoms with van der Waals surface area (Å²) in [4.78, 5) is 11.4. The minimum absolute atomic E-state index is 0.270. The van der Waals surface area contributed by atoms with Gasteiger partial charge in [0.15, 0.2) is 11.5 Å². The largest absolute Gasteiger partial charge is 0.490 e. The van der Waals surface area contributed by atoms with Crippen LogP contribution in [0, 0.1) is 5.82 Å². The Kier molecular flexibility index (Phi) is 9.76. The molecule has 8 heteroatoms. The van der Waals surface area contributed by atoms with Crippen LogP contribution in [0.25, 0.3) is 0 Å². The van der Waals surface area contributed by atoms with Crippen LogP contribution in [0.5, 0.6) is 11.5 Å². The second-order valence-corrected chi connectivity index (χ2v) is 8.15. The number of benzene rings is 2. The van der Waals surface area contributed by atoms with Crippen molar-refractivity contribution in [1.82, 2.24) is 5.32 Å². The van der Waals surface area contributed by atoms with Crippen LogP contribution in [0.1, 0.15) is 24.5 Å². The lowest BCUT2D eigenvalue weighted by Gasteiger charge is -2.17. The second kappa shape index (κ2) is 12.0. The first kappa shape index (κ1) is 23.5. The molecule has 0 saturated heterocycles. The Bertz CT molecular complexity index is 804. The van der Waals surface area contributed by atoms with Crippen LogP contribution in [0.15, 0.2) is 40.9 Å². The van der Waals surface area contributed by atoms with Crippen LogP contribution in [0.3, 0.4) is 0 Å². The van der Waals surface area contributed by atoms with Gasteiger partial charge < -0.3 is 19.9 Å². The van der Waals surface area contributed by atoms with Crippen LogP contribution in [0.4, 0.5) is 4.39 Å². The number of carbonyl (C=O) groups is 1. The molecule has 1 unspecified atom stereocenters. The molecule has 5 nitrogen and oxygen atoms in total. The summed E-state index contributed by atoms with van der Waals surface area (Å²) in [6.45, 7) is 3.00. The SMILES string of the molecule is CCOc1cc(CNC(CCSC)C(=O)O)cc(Br)c1OCc1ccc(F)cc1. The Balaban J connectivity index is 2.11. The molecule has 0 amide bonds. The quantitative estimate of drug-likeness (QED) is 0.447. The standard InChI is InChI=1S/C21H25BrFNO4S/c1-3-27-19-11-15(12-24-18(21(25)26)8-9-29-2)10-17(22)20(19)28-13-14-4-6-16(23)7-5-14/h4-7,10-11,18,24H,3,8-9,12-13H2,1-2H3,(H,25,26). The first-order valence-corrected chi connectivity index (χ1v) is 11.4. The highest BCUT2D eigenvalue weighted by atomic mass is 79.9. The molecule has 2 N–H and O–H groups in total. The summed E-state index contributed by atoms with van der Waals surface area (Å²) in [5.74, 6) is 0.740. The lowest BCUT2D eigenvalue weighted by atomic mass is 10.1. The van der Waals surface area contributed by atoms with Crippen molar-refractivity contribution in [2.45, 2.75) is 32.5 Å². The Morgan fingerprint density at radius 1 is 1.24 bits per heavy atom. The highest BCUT2D eigenvalue weighted by molar-refractivity contribution is 9.10. The van der Waals surface area contributed by atoms with E-state index in [4.69, 9.17) is 9.47 Å². The normalized spacial score (nSPS) is 11.9. The van der Waals surface area contributed by atoms with E-state index in [2.05, 4.69) is 21.2 Å². The van der Waals surface area contributed by atoms with Crippen LogP contribution >= 0.6 is 27.7 Å². The van der Waals surface area contributed by atoms with E-state index < -0.39 is 12.0 Å². The highest BCUT2D eigenvalue weighted by Crippen LogP contribution is 2.37. The van der Waals surface area contributed by atoms with Crippen molar-refractivity contribution in [1.29, 1.82) is 0 Å². The van der Waals surface area contributed by atoms with E-state index in [0.29, 0.717) is 35.5 Å². The minimum atomic E-state index is -0.859. The minimum Gasteiger partial charge on any atom is -0.490 e. The van der Waals surface area contributed by atoms with E-state index in [0.717, 1.165) is 16.9 Å². The van der Waals surface area contributed by atoms with Crippen LogP contribution in [-0.2, 0) is 17.9 Å². The molecule has 2 aromatic carbocycles. The predicted molar refractivity (Wildman–Crippen MR) is 117 cm³/mol. The van der Waals surface area contributed by atoms with Gasteiger partial charge in [0, 0.05) is 6.54 Å². The molecule has 0 aliphatic carbocycles. The lowest BCUT2D eigenvalue weighted by molar-refractivity contribution is -0.139. The van der Waals surface area contributed by atoms with Crippen LogP contribution in [0.2, 0.25) is 0 Å². The predicted octanol–water partition coefficient (Wildman–Crippen LogP) is 4.86. The molecule has 0 aliphatic rings. The zero-order valence-electron chi connectivity index (χ0n) is 16.4. The fraction of sp³-hybridized carbons (Fsp3) is 0.381. The average Bonchev–Trinajstić information content (AvgIpc) is 2.68. The highest BCUT2D eigenvalue weighted by Gasteiger charge is 2.18. The third kappa shape index (κ3) is 7.53. The molecule has 2 aromatic rings. The van der Waals surface area contributed by atoms with Crippen molar-refractivity contribution in [2.75, 3.05) is 18.6 Å². The summed E-state index contributed by atoms with van der Waals surface area (Å²) in [6.07, 6.45) is 2.50. The number of aliphatic carboxylic acids is 1. The number of carboxylic acid groups (broad SMARTS) is 1. The number of hydrogen-bond donors (Lipinski definition) is 2. The molecule has 0 saturated carbocycles. The van der Waals surface area contributed by atoms with Gasteiger partial charge >= 0.3 is 5.97 Å². The van der Waals surface area contributed by atoms with Gasteiger partial charge in [-0.1, -0.05) is 12.1 Å². The summed E-state index contributed by atoms with van der Waals surface area (Å²) < 4.78 is 25.4. The summed E-state index contributed by atoms with van der Waals surface area (Å²) in [7, 11) is 0. The first-order chi connectivity index (χ1) is 13.9. The van der Waals surface area contributed by atoms with E-state index >= 15 is 0 Å². The van der Waals surface area contributed by atoms with Gasteiger partial charge in [-0.3, -0.25) is 4.79 Å². The lowest BCUT2D eigenvalue weighted by Crippen LogP contribution is -2.36. The smallest absolute Gasteiger partial charge is 0.320 e. The average molecular weight is 486 g/mol. The van der Waals surface area contributed by atoms with Gasteiger partial charge in [0.05, 0.1) is 11.1 Å². The van der Waals surface area contributed by atoms with E-state index in [-0.39, 0.29) is 12.4 Å². The van der Waals surface area contributed by atoms with E-state index in [1.54, 1.807) is 23.9 Å². The van der Waals surface area contributed by atoms with Gasteiger partial charge in [0.2, 0.25) is 0 Å². The number of thioether (sulfide) groups is 1. The molecule has 0 fully saturated rings. The van der Waals surface area contributed by atoms with Crippen molar-refractivity contribution in [2.24, 2.45) is 0 Å². The summed E-state index contributed by atoms with van der Waals surface area (Å²) in [5, 5.41) is 12.4. The Morgan fingerprint density at radius 3 is 2.59 bits per heavy atom. The van der Waals surface area contributed by atoms with Gasteiger partial charge in [0.25, 0.3) is 0 Å². The van der Waals surface area contributed by atoms with Gasteiger partial charge in [-0.2, -0.15) is 11.8 Å². The fourth-order valence-electron chi connectivity index (χ4n) is 2.65. The van der Waals surface area contributed by atoms with Crippen molar-refractivity contribution >= 4 is 33.7 Å². The number of nitrogens with one attached hydrogen (secondary N) is 1. The first-order valence-electron chi connectivity index (χ1n) is 9.22. The number of hydrogen-bond acceptors (Lipinski definition) is 5. The maximum absolute atomic E-state index is 13.1. The summed E-state index contributed by atoms with van der Waals surface area (Å²) in [6, 6.07) is 9.23. The number of ether oxygens (including phenoxy) is 2. The van der Waals surface area contributed by atoms with Gasteiger partial charge in [0.1, 0.15) is 18.5 Å². The summed E-state index contributed by atoms with van der Waals surface area (Å²) in [5.41, 5.74) is 1.72. The Morgan fingerprint density at radius 2 is 1.97 bits per heavy atom. The molecule has 1 atom stereocenters. The van der Waals surface area contributed by atoms with Crippen LogP contribution in [-0.4, -0.2) is 35.7 Å². The molecule has 0 aromatic heterocycles. The molecule has 158 valence electrons. The van der Waals surface area contributed by atoms with Crippen molar-refractivity contribution < 1.29 is 23.8 Å². The monoisotopic (exact) mass is 485 g/mol. The molecule has 0 radical (unpaired) electrons. The third-order valence-corrected chi connectivity index (χ3v) is 5.36. The molecule has 0 aliphatic heterocycles. The Hall–Kier alpha value is -1.77. The maximum atomic E-state index is 13.1. The van der Waals surface area contributed by atoms with E-state index in [9.17, 15) is 14.3 Å². The molecule has 0 spiro atoms. The van der Waals surface area contributed by atoms with E-state index in [1.807, 2.05) is 25.3 Å². The molecule has 0 bridgehead atoms. The number of rotatable bonds is 12. The topological polar surface area (TPSA) is 67.8 Å². The molecule has 29 heavy (non-hydrogen) atoms. The van der Waals surface area contributed by atoms with Crippen molar-refractivity contribution in [3.8, 4) is 11.5 Å². The Labute approximate surface area is 183 Å². The third-order valence-electron chi connectivity index (χ3n) is 4.13. The molecule has 2 rings (SSSR count). The number of carboxylic acids is 1. The van der Waals surface area contributed by atoms with Gasteiger partial charge in [-0.15, -0.1) is 0 Å². The zero-order chi connectivity index (χ0) is 21.2. The maximum Gasteiger partial charge on any atom is 0.320 e. The summed E-state index contributed by atoms with van der Waals surface area (Å²) >= 11 is 5.14. The number of halogens is 2. The van der Waals surface area contributed by atoms with Crippen molar-refractivity contribution in [3.63, 3.8) is 0 Å². The zero-order valence-corrected chi connectivity index (χ0v) is 18.8. The molecule has 0 heterocycles. The second-order valence-electron chi connectivity index (χ2n) is 6.31. The fourth-order valence-corrected chi connectivity index (χ4v) is 3.73. The van der Waals surface area contributed by atoms with Crippen molar-refractivity contribution in [3.05, 3.63) is 57.8 Å². The van der Waals surface area contributed by atoms with E-state index in [1.165, 1.54) is 12.1 Å². The molecular formula is C21H25BrFNO4S. The van der Waals surface area contributed by atoms with Gasteiger partial charge in [-0.05, 0) is 76.7 Å². The van der Waals surface area contributed by atoms with Gasteiger partial charge in [-0.25, -0.2) is 4.39 Å².